The summed E-state index contributed by atoms with van der Waals surface area (Å²) in [6.07, 6.45) is 5.96. The van der Waals surface area contributed by atoms with E-state index in [0.29, 0.717) is 16.6 Å². The van der Waals surface area contributed by atoms with Gasteiger partial charge in [0.25, 0.3) is 0 Å². The summed E-state index contributed by atoms with van der Waals surface area (Å²) in [4.78, 5) is 22.2. The number of esters is 1. The molecule has 3 heteroatoms. The van der Waals surface area contributed by atoms with Crippen LogP contribution in [0.25, 0.3) is 0 Å². The van der Waals surface area contributed by atoms with Crippen molar-refractivity contribution in [2.75, 3.05) is 7.11 Å². The molecular weight excluding hydrogens is 192 g/mol. The number of methoxy groups -OCH3 is 1. The summed E-state index contributed by atoms with van der Waals surface area (Å²) >= 11 is 0. The van der Waals surface area contributed by atoms with Gasteiger partial charge in [-0.1, -0.05) is 0 Å². The van der Waals surface area contributed by atoms with Crippen LogP contribution in [0.15, 0.2) is 0 Å². The highest BCUT2D eigenvalue weighted by molar-refractivity contribution is 5.86. The highest BCUT2D eigenvalue weighted by atomic mass is 16.5. The van der Waals surface area contributed by atoms with E-state index in [1.165, 1.54) is 20.0 Å². The number of ketones is 1. The summed E-state index contributed by atoms with van der Waals surface area (Å²) in [5.41, 5.74) is 0.789. The molecule has 2 spiro atoms. The number of carbonyl (C=O) groups excluding carboxylic acids is 2. The van der Waals surface area contributed by atoms with Crippen molar-refractivity contribution in [3.63, 3.8) is 0 Å². The number of hydrogen-bond donors (Lipinski definition) is 0. The average molecular weight is 208 g/mol. The van der Waals surface area contributed by atoms with Gasteiger partial charge in [0.05, 0.1) is 13.0 Å². The zero-order chi connectivity index (χ0) is 10.7. The van der Waals surface area contributed by atoms with Crippen LogP contribution in [0.3, 0.4) is 0 Å². The fourth-order valence-electron chi connectivity index (χ4n) is 4.18. The number of carbonyl (C=O) groups is 2. The van der Waals surface area contributed by atoms with Crippen LogP contribution in [0, 0.1) is 16.7 Å². The van der Waals surface area contributed by atoms with E-state index in [1.807, 2.05) is 0 Å². The molecule has 0 N–H and O–H groups in total. The van der Waals surface area contributed by atoms with Crippen molar-refractivity contribution in [1.82, 2.24) is 0 Å². The first-order valence-corrected chi connectivity index (χ1v) is 5.66. The summed E-state index contributed by atoms with van der Waals surface area (Å²) in [5, 5.41) is 0. The number of rotatable bonds is 1. The third kappa shape index (κ3) is 1.18. The molecule has 0 heterocycles. The summed E-state index contributed by atoms with van der Waals surface area (Å²) in [5.74, 6) is 0.517. The molecule has 3 aliphatic rings. The zero-order valence-corrected chi connectivity index (χ0v) is 9.04. The highest BCUT2D eigenvalue weighted by Gasteiger charge is 2.64. The Hall–Kier alpha value is -0.860. The normalized spacial score (nSPS) is 30.6. The maximum Gasteiger partial charge on any atom is 0.308 e. The molecule has 0 unspecified atom stereocenters. The predicted molar refractivity (Wildman–Crippen MR) is 53.1 cm³/mol. The van der Waals surface area contributed by atoms with Crippen molar-refractivity contribution in [2.24, 2.45) is 16.7 Å². The van der Waals surface area contributed by atoms with Gasteiger partial charge in [-0.05, 0) is 36.5 Å². The average Bonchev–Trinajstić information content (AvgIpc) is 2.03. The second-order valence-corrected chi connectivity index (χ2v) is 5.87. The minimum atomic E-state index is -0.0498. The molecule has 3 rings (SSSR count). The molecule has 0 saturated heterocycles. The number of Topliss-reactive ketones (excluding diaryl/α,β-unsaturated/α-hetero) is 1. The van der Waals surface area contributed by atoms with Crippen molar-refractivity contribution < 1.29 is 14.3 Å². The van der Waals surface area contributed by atoms with Crippen molar-refractivity contribution in [1.29, 1.82) is 0 Å². The van der Waals surface area contributed by atoms with Gasteiger partial charge in [0.2, 0.25) is 0 Å². The Morgan fingerprint density at radius 1 is 1.27 bits per heavy atom. The minimum Gasteiger partial charge on any atom is -0.469 e. The molecule has 0 atom stereocenters. The van der Waals surface area contributed by atoms with Gasteiger partial charge in [-0.2, -0.15) is 0 Å². The van der Waals surface area contributed by atoms with E-state index < -0.39 is 0 Å². The van der Waals surface area contributed by atoms with E-state index in [4.69, 9.17) is 4.74 Å². The number of ether oxygens (including phenoxy) is 1. The van der Waals surface area contributed by atoms with Crippen LogP contribution < -0.4 is 0 Å². The zero-order valence-electron chi connectivity index (χ0n) is 9.04. The topological polar surface area (TPSA) is 43.4 Å². The SMILES string of the molecule is COC(=O)C1CC2(C1)CC1(CC(=O)C1)C2. The maximum atomic E-state index is 11.2. The van der Waals surface area contributed by atoms with Crippen LogP contribution >= 0.6 is 0 Å². The Labute approximate surface area is 89.2 Å². The molecule has 82 valence electrons. The summed E-state index contributed by atoms with van der Waals surface area (Å²) in [7, 11) is 1.46. The van der Waals surface area contributed by atoms with Crippen LogP contribution in [0.4, 0.5) is 0 Å². The Kier molecular flexibility index (Phi) is 1.64. The summed E-state index contributed by atoms with van der Waals surface area (Å²) in [6, 6.07) is 0. The predicted octanol–water partition coefficient (Wildman–Crippen LogP) is 1.70. The van der Waals surface area contributed by atoms with E-state index in [0.717, 1.165) is 25.7 Å². The molecule has 0 radical (unpaired) electrons. The van der Waals surface area contributed by atoms with Gasteiger partial charge in [-0.25, -0.2) is 0 Å². The van der Waals surface area contributed by atoms with Gasteiger partial charge in [0.1, 0.15) is 5.78 Å². The van der Waals surface area contributed by atoms with Gasteiger partial charge in [0.15, 0.2) is 0 Å². The quantitative estimate of drug-likeness (QED) is 0.616. The molecular formula is C12H16O3. The van der Waals surface area contributed by atoms with Crippen LogP contribution in [-0.2, 0) is 14.3 Å². The van der Waals surface area contributed by atoms with E-state index in [-0.39, 0.29) is 11.9 Å². The van der Waals surface area contributed by atoms with Gasteiger partial charge >= 0.3 is 5.97 Å². The van der Waals surface area contributed by atoms with E-state index in [1.54, 1.807) is 0 Å². The molecule has 3 aliphatic carbocycles. The lowest BCUT2D eigenvalue weighted by molar-refractivity contribution is -0.187. The lowest BCUT2D eigenvalue weighted by Crippen LogP contribution is -2.59. The Morgan fingerprint density at radius 3 is 2.33 bits per heavy atom. The van der Waals surface area contributed by atoms with Crippen LogP contribution in [-0.4, -0.2) is 18.9 Å². The van der Waals surface area contributed by atoms with Crippen molar-refractivity contribution in [3.8, 4) is 0 Å². The second kappa shape index (κ2) is 2.63. The summed E-state index contributed by atoms with van der Waals surface area (Å²) < 4.78 is 4.73. The molecule has 0 aliphatic heterocycles. The summed E-state index contributed by atoms with van der Waals surface area (Å²) in [6.45, 7) is 0. The van der Waals surface area contributed by atoms with Gasteiger partial charge in [-0.3, -0.25) is 9.59 Å². The van der Waals surface area contributed by atoms with E-state index in [2.05, 4.69) is 0 Å². The monoisotopic (exact) mass is 208 g/mol. The van der Waals surface area contributed by atoms with Crippen LogP contribution in [0.1, 0.15) is 38.5 Å². The van der Waals surface area contributed by atoms with Crippen LogP contribution in [0.5, 0.6) is 0 Å². The first-order chi connectivity index (χ1) is 7.06. The molecule has 3 fully saturated rings. The first-order valence-electron chi connectivity index (χ1n) is 5.66. The van der Waals surface area contributed by atoms with Gasteiger partial charge in [0, 0.05) is 12.8 Å². The Morgan fingerprint density at radius 2 is 1.87 bits per heavy atom. The lowest BCUT2D eigenvalue weighted by atomic mass is 9.38. The van der Waals surface area contributed by atoms with Gasteiger partial charge < -0.3 is 4.74 Å². The molecule has 0 aromatic rings. The smallest absolute Gasteiger partial charge is 0.308 e. The van der Waals surface area contributed by atoms with Crippen molar-refractivity contribution >= 4 is 11.8 Å². The molecule has 0 amide bonds. The maximum absolute atomic E-state index is 11.2. The third-order valence-corrected chi connectivity index (χ3v) is 4.54. The Bertz CT molecular complexity index is 321. The first kappa shape index (κ1) is 9.37. The van der Waals surface area contributed by atoms with E-state index >= 15 is 0 Å². The van der Waals surface area contributed by atoms with Crippen molar-refractivity contribution in [2.45, 2.75) is 38.5 Å². The largest absolute Gasteiger partial charge is 0.469 e. The van der Waals surface area contributed by atoms with E-state index in [9.17, 15) is 9.59 Å². The second-order valence-electron chi connectivity index (χ2n) is 5.87. The van der Waals surface area contributed by atoms with Crippen LogP contribution in [0.2, 0.25) is 0 Å². The third-order valence-electron chi connectivity index (χ3n) is 4.54. The van der Waals surface area contributed by atoms with Crippen molar-refractivity contribution in [3.05, 3.63) is 0 Å². The lowest BCUT2D eigenvalue weighted by Gasteiger charge is -2.65. The molecule has 0 bridgehead atoms. The fraction of sp³-hybridized carbons (Fsp3) is 0.833. The molecule has 15 heavy (non-hydrogen) atoms. The molecule has 0 aromatic heterocycles. The minimum absolute atomic E-state index is 0.0498. The fourth-order valence-corrected chi connectivity index (χ4v) is 4.18. The highest BCUT2D eigenvalue weighted by Crippen LogP contribution is 2.71. The molecule has 3 saturated carbocycles. The Balaban J connectivity index is 1.53. The number of hydrogen-bond acceptors (Lipinski definition) is 3. The molecule has 0 aromatic carbocycles. The standard InChI is InChI=1S/C12H16O3/c1-15-10(14)8-2-11(3-8)6-12(7-11)4-9(13)5-12/h8H,2-7H2,1H3. The van der Waals surface area contributed by atoms with Gasteiger partial charge in [-0.15, -0.1) is 0 Å². The molecule has 3 nitrogen and oxygen atoms in total.